The van der Waals surface area contributed by atoms with Gasteiger partial charge < -0.3 is 4.42 Å². The van der Waals surface area contributed by atoms with Crippen molar-refractivity contribution in [1.82, 2.24) is 9.88 Å². The van der Waals surface area contributed by atoms with Gasteiger partial charge in [0.15, 0.2) is 5.76 Å². The first-order valence-electron chi connectivity index (χ1n) is 7.74. The van der Waals surface area contributed by atoms with Crippen LogP contribution < -0.4 is 0 Å². The average Bonchev–Trinajstić information content (AvgIpc) is 3.07. The van der Waals surface area contributed by atoms with Crippen LogP contribution in [0.1, 0.15) is 24.3 Å². The van der Waals surface area contributed by atoms with Gasteiger partial charge in [-0.15, -0.1) is 0 Å². The summed E-state index contributed by atoms with van der Waals surface area (Å²) in [5, 5.41) is 5.04. The normalized spacial score (nSPS) is 14.5. The van der Waals surface area contributed by atoms with Crippen molar-refractivity contribution in [3.8, 4) is 11.3 Å². The molecule has 1 aliphatic rings. The molecule has 1 aromatic carbocycles. The van der Waals surface area contributed by atoms with Crippen LogP contribution in [0.15, 0.2) is 51.7 Å². The summed E-state index contributed by atoms with van der Waals surface area (Å²) in [6, 6.07) is 10.5. The van der Waals surface area contributed by atoms with Gasteiger partial charge in [-0.3, -0.25) is 4.90 Å². The molecule has 0 bridgehead atoms. The second-order valence-corrected chi connectivity index (χ2v) is 7.11. The summed E-state index contributed by atoms with van der Waals surface area (Å²) < 4.78 is 5.94. The van der Waals surface area contributed by atoms with Gasteiger partial charge in [0, 0.05) is 23.2 Å². The molecule has 1 aliphatic carbocycles. The predicted molar refractivity (Wildman–Crippen MR) is 93.5 cm³/mol. The number of halogens is 1. The van der Waals surface area contributed by atoms with E-state index in [2.05, 4.69) is 26.7 Å². The molecule has 0 spiro atoms. The number of aromatic nitrogens is 1. The lowest BCUT2D eigenvalue weighted by Crippen LogP contribution is -2.24. The lowest BCUT2D eigenvalue weighted by Gasteiger charge is -2.19. The second-order valence-electron chi connectivity index (χ2n) is 5.90. The minimum atomic E-state index is 0.663. The third-order valence-electron chi connectivity index (χ3n) is 4.03. The van der Waals surface area contributed by atoms with Crippen LogP contribution in [-0.4, -0.2) is 15.9 Å². The smallest absolute Gasteiger partial charge is 0.209 e. The summed E-state index contributed by atoms with van der Waals surface area (Å²) in [4.78, 5) is 6.91. The molecule has 0 amide bonds. The van der Waals surface area contributed by atoms with Crippen molar-refractivity contribution in [3.63, 3.8) is 0 Å². The molecule has 0 atom stereocenters. The van der Waals surface area contributed by atoms with Gasteiger partial charge in [-0.1, -0.05) is 23.7 Å². The van der Waals surface area contributed by atoms with E-state index >= 15 is 0 Å². The van der Waals surface area contributed by atoms with Crippen molar-refractivity contribution in [2.75, 3.05) is 0 Å². The van der Waals surface area contributed by atoms with Crippen LogP contribution in [0.3, 0.4) is 0 Å². The lowest BCUT2D eigenvalue weighted by molar-refractivity contribution is 0.222. The Morgan fingerprint density at radius 2 is 2.17 bits per heavy atom. The molecule has 0 radical (unpaired) electrons. The number of thiophene rings is 1. The summed E-state index contributed by atoms with van der Waals surface area (Å²) in [5.74, 6) is 1.54. The highest BCUT2D eigenvalue weighted by atomic mass is 35.5. The van der Waals surface area contributed by atoms with Crippen LogP contribution in [-0.2, 0) is 13.1 Å². The first-order valence-corrected chi connectivity index (χ1v) is 9.06. The summed E-state index contributed by atoms with van der Waals surface area (Å²) in [6.45, 7) is 1.71. The topological polar surface area (TPSA) is 29.3 Å². The van der Waals surface area contributed by atoms with Gasteiger partial charge in [-0.05, 0) is 47.4 Å². The molecule has 1 fully saturated rings. The van der Waals surface area contributed by atoms with E-state index in [0.717, 1.165) is 30.3 Å². The van der Waals surface area contributed by atoms with E-state index in [0.29, 0.717) is 11.1 Å². The maximum atomic E-state index is 6.05. The third kappa shape index (κ3) is 3.66. The predicted octanol–water partition coefficient (Wildman–Crippen LogP) is 5.22. The Hall–Kier alpha value is -1.62. The Morgan fingerprint density at radius 1 is 1.26 bits per heavy atom. The zero-order valence-corrected chi connectivity index (χ0v) is 14.2. The van der Waals surface area contributed by atoms with Crippen LogP contribution in [0.5, 0.6) is 0 Å². The fraction of sp³-hybridized carbons (Fsp3) is 0.278. The first-order chi connectivity index (χ1) is 11.3. The fourth-order valence-corrected chi connectivity index (χ4v) is 3.55. The van der Waals surface area contributed by atoms with Gasteiger partial charge in [0.05, 0.1) is 12.7 Å². The quantitative estimate of drug-likeness (QED) is 0.613. The number of rotatable bonds is 6. The molecule has 0 saturated heterocycles. The highest BCUT2D eigenvalue weighted by Crippen LogP contribution is 2.31. The number of oxazole rings is 1. The molecule has 1 saturated carbocycles. The Bertz CT molecular complexity index is 780. The first kappa shape index (κ1) is 14.9. The zero-order chi connectivity index (χ0) is 15.6. The van der Waals surface area contributed by atoms with Gasteiger partial charge in [-0.2, -0.15) is 11.3 Å². The Labute approximate surface area is 144 Å². The number of nitrogens with zero attached hydrogens (tertiary/aromatic N) is 2. The molecule has 5 heteroatoms. The van der Waals surface area contributed by atoms with Crippen LogP contribution >= 0.6 is 22.9 Å². The molecule has 3 nitrogen and oxygen atoms in total. The largest absolute Gasteiger partial charge is 0.439 e. The van der Waals surface area contributed by atoms with Crippen LogP contribution in [0.4, 0.5) is 0 Å². The highest BCUT2D eigenvalue weighted by molar-refractivity contribution is 7.07. The minimum Gasteiger partial charge on any atom is -0.439 e. The minimum absolute atomic E-state index is 0.663. The molecular formula is C18H17ClN2OS. The monoisotopic (exact) mass is 344 g/mol. The zero-order valence-electron chi connectivity index (χ0n) is 12.6. The molecule has 3 aromatic rings. The van der Waals surface area contributed by atoms with Gasteiger partial charge in [0.1, 0.15) is 0 Å². The van der Waals surface area contributed by atoms with Gasteiger partial charge >= 0.3 is 0 Å². The third-order valence-corrected chi connectivity index (χ3v) is 5.00. The van der Waals surface area contributed by atoms with E-state index in [1.165, 1.54) is 18.4 Å². The summed E-state index contributed by atoms with van der Waals surface area (Å²) in [5.41, 5.74) is 2.33. The standard InChI is InChI=1S/C18H17ClN2OS/c19-15-3-1-2-14(8-15)17-9-20-18(22-17)11-21(16-4-5-16)10-13-6-7-23-12-13/h1-3,6-9,12,16H,4-5,10-11H2. The molecule has 0 N–H and O–H groups in total. The number of hydrogen-bond donors (Lipinski definition) is 0. The van der Waals surface area contributed by atoms with Crippen molar-refractivity contribution in [3.05, 3.63) is 63.8 Å². The van der Waals surface area contributed by atoms with Crippen molar-refractivity contribution in [2.24, 2.45) is 0 Å². The molecular weight excluding hydrogens is 328 g/mol. The Balaban J connectivity index is 1.49. The summed E-state index contributed by atoms with van der Waals surface area (Å²) in [6.07, 6.45) is 4.33. The molecule has 4 rings (SSSR count). The van der Waals surface area contributed by atoms with Crippen LogP contribution in [0.25, 0.3) is 11.3 Å². The molecule has 2 aromatic heterocycles. The number of benzene rings is 1. The van der Waals surface area contributed by atoms with Crippen molar-refractivity contribution >= 4 is 22.9 Å². The number of hydrogen-bond acceptors (Lipinski definition) is 4. The van der Waals surface area contributed by atoms with E-state index < -0.39 is 0 Å². The van der Waals surface area contributed by atoms with Gasteiger partial charge in [0.25, 0.3) is 0 Å². The van der Waals surface area contributed by atoms with Crippen molar-refractivity contribution in [2.45, 2.75) is 32.0 Å². The summed E-state index contributed by atoms with van der Waals surface area (Å²) >= 11 is 7.79. The van der Waals surface area contributed by atoms with E-state index in [4.69, 9.17) is 16.0 Å². The maximum absolute atomic E-state index is 6.05. The van der Waals surface area contributed by atoms with Gasteiger partial charge in [0.2, 0.25) is 5.89 Å². The van der Waals surface area contributed by atoms with E-state index in [9.17, 15) is 0 Å². The molecule has 118 valence electrons. The fourth-order valence-electron chi connectivity index (χ4n) is 2.70. The van der Waals surface area contributed by atoms with Crippen molar-refractivity contribution < 1.29 is 4.42 Å². The second kappa shape index (κ2) is 6.48. The maximum Gasteiger partial charge on any atom is 0.209 e. The molecule has 23 heavy (non-hydrogen) atoms. The molecule has 0 aliphatic heterocycles. The van der Waals surface area contributed by atoms with E-state index in [1.807, 2.05) is 24.3 Å². The van der Waals surface area contributed by atoms with Gasteiger partial charge in [-0.25, -0.2) is 4.98 Å². The molecule has 2 heterocycles. The van der Waals surface area contributed by atoms with Crippen LogP contribution in [0.2, 0.25) is 5.02 Å². The molecule has 0 unspecified atom stereocenters. The Morgan fingerprint density at radius 3 is 2.91 bits per heavy atom. The lowest BCUT2D eigenvalue weighted by atomic mass is 10.2. The van der Waals surface area contributed by atoms with Crippen LogP contribution in [0, 0.1) is 0 Å². The highest BCUT2D eigenvalue weighted by Gasteiger charge is 2.30. The van der Waals surface area contributed by atoms with E-state index in [1.54, 1.807) is 17.5 Å². The SMILES string of the molecule is Clc1cccc(-c2cnc(CN(Cc3ccsc3)C3CC3)o2)c1. The van der Waals surface area contributed by atoms with Crippen molar-refractivity contribution in [1.29, 1.82) is 0 Å². The average molecular weight is 345 g/mol. The Kier molecular flexibility index (Phi) is 4.21. The van der Waals surface area contributed by atoms with E-state index in [-0.39, 0.29) is 0 Å². The summed E-state index contributed by atoms with van der Waals surface area (Å²) in [7, 11) is 0.